The van der Waals surface area contributed by atoms with Crippen molar-refractivity contribution in [1.29, 1.82) is 0 Å². The summed E-state index contributed by atoms with van der Waals surface area (Å²) in [6.07, 6.45) is -0.139. The van der Waals surface area contributed by atoms with Crippen LogP contribution in [-0.4, -0.2) is 128 Å². The summed E-state index contributed by atoms with van der Waals surface area (Å²) in [5, 5.41) is 14.7. The summed E-state index contributed by atoms with van der Waals surface area (Å²) in [6.45, 7) is 10.2. The van der Waals surface area contributed by atoms with Crippen molar-refractivity contribution in [3.8, 4) is 28.6 Å². The highest BCUT2D eigenvalue weighted by atomic mass is 32.2. The number of nitrogens with zero attached hydrogens (tertiary/aromatic N) is 7. The van der Waals surface area contributed by atoms with E-state index in [0.29, 0.717) is 53.4 Å². The van der Waals surface area contributed by atoms with Crippen LogP contribution in [0, 0.1) is 0 Å². The summed E-state index contributed by atoms with van der Waals surface area (Å²) < 4.78 is 93.2. The molecule has 4 aromatic carbocycles. The Morgan fingerprint density at radius 2 is 1.24 bits per heavy atom. The van der Waals surface area contributed by atoms with E-state index in [2.05, 4.69) is 20.8 Å². The van der Waals surface area contributed by atoms with Crippen LogP contribution in [0.25, 0.3) is 11.4 Å². The average molecular weight is 1000 g/mol. The van der Waals surface area contributed by atoms with Gasteiger partial charge >= 0.3 is 12.2 Å². The lowest BCUT2D eigenvalue weighted by molar-refractivity contribution is 0.0138. The number of nitrogens with one attached hydrogen (secondary N) is 1. The number of piperidine rings is 1. The standard InChI is InChI=1S/C49H62N8O11S2/c1-48(2,3)67-46(58)50-36-11-10-26-54(30-36)41-24-25-42(69(60,61)40-31-55(32-40)47(59)68-49(4,5)6)44(43(41)45-51-52-53-57(45)29-35-16-22-39(66-9)23-17-35)70(62,63)56(27-33-12-18-37(64-7)19-13-33)28-34-14-20-38(65-8)21-15-34/h12-25,36,40H,10-11,26-32H2,1-9H3,(H,50,58). The molecule has 70 heavy (non-hydrogen) atoms. The zero-order chi connectivity index (χ0) is 50.6. The lowest BCUT2D eigenvalue weighted by Gasteiger charge is -2.40. The maximum Gasteiger partial charge on any atom is 0.410 e. The highest BCUT2D eigenvalue weighted by Crippen LogP contribution is 2.44. The molecule has 1 atom stereocenters. The van der Waals surface area contributed by atoms with Gasteiger partial charge in [0.15, 0.2) is 15.7 Å². The first-order valence-corrected chi connectivity index (χ1v) is 25.9. The molecule has 3 heterocycles. The minimum Gasteiger partial charge on any atom is -0.497 e. The average Bonchev–Trinajstić information content (AvgIpc) is 3.74. The molecule has 2 amide bonds. The predicted molar refractivity (Wildman–Crippen MR) is 261 cm³/mol. The quantitative estimate of drug-likeness (QED) is 0.109. The van der Waals surface area contributed by atoms with Crippen LogP contribution < -0.4 is 24.4 Å². The van der Waals surface area contributed by atoms with Gasteiger partial charge in [-0.3, -0.25) is 0 Å². The van der Waals surface area contributed by atoms with E-state index in [9.17, 15) is 9.59 Å². The molecule has 0 saturated carbocycles. The van der Waals surface area contributed by atoms with E-state index in [1.165, 1.54) is 34.2 Å². The molecule has 2 fully saturated rings. The fourth-order valence-electron chi connectivity index (χ4n) is 8.21. The van der Waals surface area contributed by atoms with Crippen molar-refractivity contribution in [2.24, 2.45) is 0 Å². The number of carbonyl (C=O) groups excluding carboxylic acids is 2. The highest BCUT2D eigenvalue weighted by molar-refractivity contribution is 7.94. The third-order valence-corrected chi connectivity index (χ3v) is 15.8. The Bertz CT molecular complexity index is 2810. The van der Waals surface area contributed by atoms with Crippen LogP contribution in [0.5, 0.6) is 17.2 Å². The van der Waals surface area contributed by atoms with Crippen molar-refractivity contribution in [2.75, 3.05) is 52.4 Å². The monoisotopic (exact) mass is 1000 g/mol. The van der Waals surface area contributed by atoms with Gasteiger partial charge in [-0.1, -0.05) is 36.4 Å². The Morgan fingerprint density at radius 1 is 0.714 bits per heavy atom. The molecule has 1 N–H and O–H groups in total. The van der Waals surface area contributed by atoms with Crippen LogP contribution in [0.2, 0.25) is 0 Å². The molecule has 7 rings (SSSR count). The Labute approximate surface area is 409 Å². The lowest BCUT2D eigenvalue weighted by atomic mass is 10.0. The molecule has 2 aliphatic heterocycles. The van der Waals surface area contributed by atoms with E-state index < -0.39 is 64.3 Å². The third-order valence-electron chi connectivity index (χ3n) is 11.7. The van der Waals surface area contributed by atoms with Crippen LogP contribution in [0.15, 0.2) is 94.7 Å². The largest absolute Gasteiger partial charge is 0.497 e. The van der Waals surface area contributed by atoms with Crippen molar-refractivity contribution in [1.82, 2.24) is 34.7 Å². The number of alkyl carbamates (subject to hydrolysis) is 1. The topological polar surface area (TPSA) is 214 Å². The number of benzene rings is 4. The molecule has 0 spiro atoms. The number of likely N-dealkylation sites (tertiary alicyclic amines) is 1. The van der Waals surface area contributed by atoms with Gasteiger partial charge in [0.1, 0.15) is 38.6 Å². The molecule has 19 nitrogen and oxygen atoms in total. The molecule has 376 valence electrons. The molecule has 21 heteroatoms. The Kier molecular flexibility index (Phi) is 15.3. The smallest absolute Gasteiger partial charge is 0.410 e. The first-order valence-electron chi connectivity index (χ1n) is 22.9. The van der Waals surface area contributed by atoms with Gasteiger partial charge in [0.05, 0.1) is 38.3 Å². The van der Waals surface area contributed by atoms with E-state index in [-0.39, 0.29) is 50.7 Å². The van der Waals surface area contributed by atoms with Crippen LogP contribution in [0.1, 0.15) is 71.1 Å². The molecular formula is C49H62N8O11S2. The maximum absolute atomic E-state index is 16.3. The molecule has 0 radical (unpaired) electrons. The highest BCUT2D eigenvalue weighted by Gasteiger charge is 2.47. The van der Waals surface area contributed by atoms with Gasteiger partial charge in [-0.2, -0.15) is 4.31 Å². The third kappa shape index (κ3) is 12.1. The van der Waals surface area contributed by atoms with Crippen molar-refractivity contribution in [2.45, 2.75) is 106 Å². The summed E-state index contributed by atoms with van der Waals surface area (Å²) in [5.74, 6) is 1.70. The predicted octanol–water partition coefficient (Wildman–Crippen LogP) is 6.69. The number of anilines is 1. The summed E-state index contributed by atoms with van der Waals surface area (Å²) in [5.41, 5.74) is 0.570. The lowest BCUT2D eigenvalue weighted by Crippen LogP contribution is -2.57. The van der Waals surface area contributed by atoms with E-state index in [1.807, 2.05) is 17.0 Å². The van der Waals surface area contributed by atoms with Crippen LogP contribution in [-0.2, 0) is 49.0 Å². The normalized spacial score (nSPS) is 15.8. The number of carbonyl (C=O) groups is 2. The molecule has 0 bridgehead atoms. The number of hydrogen-bond acceptors (Lipinski definition) is 15. The molecule has 1 aromatic heterocycles. The number of aromatic nitrogens is 4. The Balaban J connectivity index is 1.45. The summed E-state index contributed by atoms with van der Waals surface area (Å²) in [6, 6.07) is 23.5. The fraction of sp³-hybridized carbons (Fsp3) is 0.449. The van der Waals surface area contributed by atoms with Gasteiger partial charge in [-0.15, -0.1) is 5.10 Å². The van der Waals surface area contributed by atoms with Crippen molar-refractivity contribution >= 4 is 37.7 Å². The summed E-state index contributed by atoms with van der Waals surface area (Å²) in [4.78, 5) is 28.4. The number of rotatable bonds is 16. The fourth-order valence-corrected chi connectivity index (χ4v) is 12.3. The van der Waals surface area contributed by atoms with Gasteiger partial charge < -0.3 is 38.8 Å². The first-order chi connectivity index (χ1) is 33.1. The number of tetrazole rings is 1. The minimum absolute atomic E-state index is 0.0264. The van der Waals surface area contributed by atoms with Crippen molar-refractivity contribution in [3.05, 3.63) is 102 Å². The number of sulfone groups is 1. The number of amides is 2. The molecule has 0 aliphatic carbocycles. The zero-order valence-electron chi connectivity index (χ0n) is 41.0. The second kappa shape index (κ2) is 20.9. The summed E-state index contributed by atoms with van der Waals surface area (Å²) in [7, 11) is -4.91. The van der Waals surface area contributed by atoms with Gasteiger partial charge in [-0.25, -0.2) is 31.1 Å². The molecule has 2 aliphatic rings. The van der Waals surface area contributed by atoms with Gasteiger partial charge in [0, 0.05) is 51.0 Å². The first kappa shape index (κ1) is 51.4. The van der Waals surface area contributed by atoms with Gasteiger partial charge in [0.25, 0.3) is 0 Å². The van der Waals surface area contributed by atoms with Crippen LogP contribution in [0.4, 0.5) is 15.3 Å². The zero-order valence-corrected chi connectivity index (χ0v) is 42.7. The van der Waals surface area contributed by atoms with E-state index in [1.54, 1.807) is 115 Å². The van der Waals surface area contributed by atoms with Crippen molar-refractivity contribution in [3.63, 3.8) is 0 Å². The van der Waals surface area contributed by atoms with Crippen molar-refractivity contribution < 1.29 is 50.1 Å². The maximum atomic E-state index is 16.3. The molecule has 5 aromatic rings. The van der Waals surface area contributed by atoms with Gasteiger partial charge in [-0.05, 0) is 130 Å². The minimum atomic E-state index is -4.94. The van der Waals surface area contributed by atoms with E-state index in [4.69, 9.17) is 23.7 Å². The Hall–Kier alpha value is -6.45. The second-order valence-corrected chi connectivity index (χ2v) is 23.3. The van der Waals surface area contributed by atoms with Crippen LogP contribution in [0.3, 0.4) is 0 Å². The number of hydrogen-bond donors (Lipinski definition) is 1. The second-order valence-electron chi connectivity index (χ2n) is 19.2. The number of methoxy groups -OCH3 is 3. The van der Waals surface area contributed by atoms with E-state index >= 15 is 16.8 Å². The summed E-state index contributed by atoms with van der Waals surface area (Å²) >= 11 is 0. The SMILES string of the molecule is COc1ccc(CN(Cc2ccc(OC)cc2)S(=O)(=O)c2c(S(=O)(=O)C3CN(C(=O)OC(C)(C)C)C3)ccc(N3CCCC(NC(=O)OC(C)(C)C)C3)c2-c2nnnn2Cc2ccc(OC)cc2)cc1. The van der Waals surface area contributed by atoms with E-state index in [0.717, 1.165) is 5.56 Å². The number of sulfonamides is 1. The Morgan fingerprint density at radius 3 is 1.76 bits per heavy atom. The molecular weight excluding hydrogens is 941 g/mol. The molecule has 1 unspecified atom stereocenters. The van der Waals surface area contributed by atoms with Crippen LogP contribution >= 0.6 is 0 Å². The number of ether oxygens (including phenoxy) is 5. The van der Waals surface area contributed by atoms with Gasteiger partial charge in [0.2, 0.25) is 10.0 Å². The molecule has 2 saturated heterocycles.